The van der Waals surface area contributed by atoms with Crippen molar-refractivity contribution >= 4 is 96.2 Å². The number of unbranched alkanes of at least 4 members (excludes halogenated alkanes) is 2. The smallest absolute Gasteiger partial charge is 0.327 e. The van der Waals surface area contributed by atoms with Crippen molar-refractivity contribution in [1.29, 1.82) is 0 Å². The van der Waals surface area contributed by atoms with Gasteiger partial charge in [-0.25, -0.2) is 4.79 Å². The molecule has 31 heteroatoms. The normalized spacial score (nSPS) is 18.3. The number of hydrogen-bond acceptors (Lipinski definition) is 19. The molecule has 18 N–H and O–H groups in total. The Balaban J connectivity index is 1.71. The molecule has 0 bridgehead atoms. The number of nitrogens with zero attached hydrogens (tertiary/aromatic N) is 2. The molecule has 482 valence electrons. The van der Waals surface area contributed by atoms with E-state index in [0.717, 1.165) is 0 Å². The number of aliphatic carboxylic acids is 1. The van der Waals surface area contributed by atoms with Crippen LogP contribution in [0.2, 0.25) is 0 Å². The maximum atomic E-state index is 14.5. The summed E-state index contributed by atoms with van der Waals surface area (Å²) in [5.41, 5.74) is 17.9. The van der Waals surface area contributed by atoms with E-state index < -0.39 is 150 Å². The minimum absolute atomic E-state index is 0.00959. The summed E-state index contributed by atoms with van der Waals surface area (Å²) in [4.78, 5) is 164. The number of carboxylic acids is 1. The average molecular weight is 1250 g/mol. The number of phenolic OH excluding ortho intramolecular Hbond substituents is 1. The summed E-state index contributed by atoms with van der Waals surface area (Å²) in [6.07, 6.45) is 3.11. The van der Waals surface area contributed by atoms with Gasteiger partial charge in [-0.1, -0.05) is 26.0 Å². The van der Waals surface area contributed by atoms with E-state index in [0.29, 0.717) is 44.1 Å². The number of rotatable bonds is 36. The highest BCUT2D eigenvalue weighted by Gasteiger charge is 2.42. The molecule has 0 unspecified atom stereocenters. The van der Waals surface area contributed by atoms with Crippen LogP contribution in [0.15, 0.2) is 24.3 Å². The van der Waals surface area contributed by atoms with Gasteiger partial charge in [-0.2, -0.15) is 25.3 Å². The number of hydrogen-bond donors (Lipinski definition) is 17. The first-order valence-corrected chi connectivity index (χ1v) is 30.3. The van der Waals surface area contributed by atoms with Crippen molar-refractivity contribution < 1.29 is 72.9 Å². The number of aliphatic hydroxyl groups is 1. The van der Waals surface area contributed by atoms with Crippen LogP contribution in [0.25, 0.3) is 0 Å². The number of aliphatic hydroxyl groups excluding tert-OH is 1. The number of phenols is 1. The average Bonchev–Trinajstić information content (AvgIpc) is 4.30. The summed E-state index contributed by atoms with van der Waals surface area (Å²) < 4.78 is 0. The maximum Gasteiger partial charge on any atom is 0.327 e. The van der Waals surface area contributed by atoms with Gasteiger partial charge in [0.1, 0.15) is 72.2 Å². The number of carbonyl (C=O) groups is 12. The van der Waals surface area contributed by atoms with Gasteiger partial charge in [-0.15, -0.1) is 0 Å². The Bertz CT molecular complexity index is 2500. The Hall–Kier alpha value is -6.80. The first-order chi connectivity index (χ1) is 40.7. The molecule has 0 radical (unpaired) electrons. The zero-order valence-electron chi connectivity index (χ0n) is 49.5. The zero-order valence-corrected chi connectivity index (χ0v) is 51.3. The third kappa shape index (κ3) is 23.1. The molecule has 1 aromatic carbocycles. The van der Waals surface area contributed by atoms with E-state index in [1.54, 1.807) is 12.1 Å². The summed E-state index contributed by atoms with van der Waals surface area (Å²) in [5.74, 6) is -10.0. The molecule has 2 fully saturated rings. The highest BCUT2D eigenvalue weighted by Crippen LogP contribution is 2.23. The van der Waals surface area contributed by atoms with Crippen LogP contribution >= 0.6 is 25.3 Å². The Kier molecular flexibility index (Phi) is 31.6. The first kappa shape index (κ1) is 73.5. The van der Waals surface area contributed by atoms with Crippen LogP contribution in [0.4, 0.5) is 0 Å². The lowest BCUT2D eigenvalue weighted by molar-refractivity contribution is -0.143. The molecule has 86 heavy (non-hydrogen) atoms. The van der Waals surface area contributed by atoms with Gasteiger partial charge in [0.2, 0.25) is 65.0 Å². The molecule has 0 aromatic heterocycles. The fourth-order valence-electron chi connectivity index (χ4n) is 9.62. The van der Waals surface area contributed by atoms with Crippen molar-refractivity contribution in [2.24, 2.45) is 23.1 Å². The summed E-state index contributed by atoms with van der Waals surface area (Å²) in [5, 5.41) is 51.9. The predicted octanol–water partition coefficient (Wildman–Crippen LogP) is -4.09. The summed E-state index contributed by atoms with van der Waals surface area (Å²) in [6.45, 7) is 7.68. The van der Waals surface area contributed by atoms with Crippen LogP contribution in [-0.4, -0.2) is 213 Å². The van der Waals surface area contributed by atoms with Gasteiger partial charge in [-0.3, -0.25) is 52.7 Å². The fourth-order valence-corrected chi connectivity index (χ4v) is 10.0. The Morgan fingerprint density at radius 3 is 1.52 bits per heavy atom. The third-order valence-corrected chi connectivity index (χ3v) is 15.3. The lowest BCUT2D eigenvalue weighted by Gasteiger charge is -2.31. The third-order valence-electron chi connectivity index (χ3n) is 14.5. The Morgan fingerprint density at radius 2 is 0.988 bits per heavy atom. The molecule has 0 saturated carbocycles. The summed E-state index contributed by atoms with van der Waals surface area (Å²) in [7, 11) is 0. The molecule has 0 aliphatic carbocycles. The summed E-state index contributed by atoms with van der Waals surface area (Å²) >= 11 is 7.95. The highest BCUT2D eigenvalue weighted by atomic mass is 32.1. The van der Waals surface area contributed by atoms with Crippen LogP contribution in [0, 0.1) is 5.92 Å². The number of nitrogens with two attached hydrogens (primary N) is 3. The largest absolute Gasteiger partial charge is 0.508 e. The number of amides is 11. The topological polar surface area (TPSA) is 458 Å². The van der Waals surface area contributed by atoms with Crippen molar-refractivity contribution in [1.82, 2.24) is 57.7 Å². The zero-order chi connectivity index (χ0) is 64.4. The minimum atomic E-state index is -1.59. The van der Waals surface area contributed by atoms with Gasteiger partial charge in [0, 0.05) is 31.0 Å². The van der Waals surface area contributed by atoms with E-state index in [1.165, 1.54) is 42.7 Å². The van der Waals surface area contributed by atoms with Crippen LogP contribution < -0.4 is 65.1 Å². The monoisotopic (exact) mass is 1250 g/mol. The van der Waals surface area contributed by atoms with Crippen molar-refractivity contribution in [2.75, 3.05) is 44.3 Å². The lowest BCUT2D eigenvalue weighted by Crippen LogP contribution is -2.60. The van der Waals surface area contributed by atoms with Crippen LogP contribution in [-0.2, 0) is 64.0 Å². The van der Waals surface area contributed by atoms with Gasteiger partial charge in [0.15, 0.2) is 0 Å². The van der Waals surface area contributed by atoms with Gasteiger partial charge in [0.05, 0.1) is 12.6 Å². The van der Waals surface area contributed by atoms with Crippen LogP contribution in [0.1, 0.15) is 111 Å². The molecule has 0 spiro atoms. The second kappa shape index (κ2) is 37.0. The second-order valence-electron chi connectivity index (χ2n) is 22.0. The van der Waals surface area contributed by atoms with Crippen LogP contribution in [0.3, 0.4) is 0 Å². The highest BCUT2D eigenvalue weighted by molar-refractivity contribution is 7.80. The molecular formula is C55H90N14O15S2. The van der Waals surface area contributed by atoms with E-state index in [1.807, 2.05) is 13.8 Å². The SMILES string of the molecule is CC(C)C[C@H](NC(=O)[C@@H]1CCCN1C(=O)[C@H](C)NC(=O)[C@H](C)NC(=O)[C@H](Cc1ccc(O)cc1)NC(=O)[C@@H](N)CS)C(=O)N[C@@H](CCCCN)C(=O)N1CCC[C@H]1C(=O)N[C@@H](C)C(=O)N[C@@H](CCCCN)C(=O)N[C@@H](CO)C(=O)N[C@@H](CS)C(=O)O. The molecule has 12 atom stereocenters. The van der Waals surface area contributed by atoms with E-state index in [4.69, 9.17) is 17.2 Å². The van der Waals surface area contributed by atoms with Gasteiger partial charge >= 0.3 is 5.97 Å². The maximum absolute atomic E-state index is 14.5. The molecule has 2 saturated heterocycles. The van der Waals surface area contributed by atoms with Crippen molar-refractivity contribution in [3.63, 3.8) is 0 Å². The molecule has 11 amide bonds. The molecule has 29 nitrogen and oxygen atoms in total. The van der Waals surface area contributed by atoms with Gasteiger partial charge < -0.3 is 90.2 Å². The molecule has 2 aliphatic heterocycles. The van der Waals surface area contributed by atoms with Crippen LogP contribution in [0.5, 0.6) is 5.75 Å². The second-order valence-corrected chi connectivity index (χ2v) is 22.7. The van der Waals surface area contributed by atoms with Gasteiger partial charge in [-0.05, 0) is 128 Å². The number of likely N-dealkylation sites (tertiary alicyclic amines) is 2. The Morgan fingerprint density at radius 1 is 0.535 bits per heavy atom. The molecule has 1 aromatic rings. The Labute approximate surface area is 511 Å². The molecule has 3 rings (SSSR count). The summed E-state index contributed by atoms with van der Waals surface area (Å²) in [6, 6.07) is -8.82. The standard InChI is InChI=1S/C55H90N14O15S2/c1-29(2)24-38(65-52(80)43-15-10-22-68(43)53(81)32(5)61-44(72)30(3)59-48(76)39(64-46(74)35(58)27-85)25-33-16-18-34(71)19-17-33)49(77)63-37(13-7-9-21-57)54(82)69-23-11-14-42(69)51(79)60-31(4)45(73)62-36(12-6-8-20-56)47(75)66-40(26-70)50(78)67-41(28-86)55(83)84/h16-19,29-32,35-43,70-71,85-86H,6-15,20-28,56-58H2,1-5H3,(H,59,76)(H,60,79)(H,61,72)(H,62,73)(H,63,77)(H,64,74)(H,65,80)(H,66,75)(H,67,78)(H,83,84)/t30-,31-,32-,35-,36-,37-,38-,39-,40-,41-,42-,43-/m0/s1. The van der Waals surface area contributed by atoms with Crippen molar-refractivity contribution in [2.45, 2.75) is 184 Å². The number of benzene rings is 1. The molecular weight excluding hydrogens is 1160 g/mol. The number of carboxylic acid groups (broad SMARTS) is 1. The van der Waals surface area contributed by atoms with Crippen molar-refractivity contribution in [3.05, 3.63) is 29.8 Å². The number of nitrogens with one attached hydrogen (secondary N) is 9. The molecule has 2 heterocycles. The van der Waals surface area contributed by atoms with E-state index in [2.05, 4.69) is 73.1 Å². The number of thiol groups is 2. The minimum Gasteiger partial charge on any atom is -0.508 e. The number of aromatic hydroxyl groups is 1. The number of carbonyl (C=O) groups excluding carboxylic acids is 11. The first-order valence-electron chi connectivity index (χ1n) is 29.0. The molecule has 2 aliphatic rings. The van der Waals surface area contributed by atoms with Gasteiger partial charge in [0.25, 0.3) is 0 Å². The van der Waals surface area contributed by atoms with E-state index >= 15 is 0 Å². The van der Waals surface area contributed by atoms with E-state index in [9.17, 15) is 72.9 Å². The predicted molar refractivity (Wildman–Crippen MR) is 321 cm³/mol. The van der Waals surface area contributed by atoms with Crippen molar-refractivity contribution in [3.8, 4) is 5.75 Å². The quantitative estimate of drug-likeness (QED) is 0.0224. The lowest BCUT2D eigenvalue weighted by atomic mass is 10.0. The fraction of sp³-hybridized carbons (Fsp3) is 0.673. The van der Waals surface area contributed by atoms with E-state index in [-0.39, 0.29) is 87.9 Å².